The van der Waals surface area contributed by atoms with Crippen LogP contribution in [0.1, 0.15) is 23.2 Å². The van der Waals surface area contributed by atoms with Crippen molar-refractivity contribution in [2.24, 2.45) is 0 Å². The van der Waals surface area contributed by atoms with Crippen molar-refractivity contribution in [1.82, 2.24) is 0 Å². The highest BCUT2D eigenvalue weighted by Gasteiger charge is 2.66. The van der Waals surface area contributed by atoms with Gasteiger partial charge in [0.25, 0.3) is 0 Å². The van der Waals surface area contributed by atoms with Gasteiger partial charge in [0, 0.05) is 11.3 Å². The summed E-state index contributed by atoms with van der Waals surface area (Å²) in [5.74, 6) is -11.3. The van der Waals surface area contributed by atoms with Crippen LogP contribution in [0.2, 0.25) is 0 Å². The zero-order chi connectivity index (χ0) is 17.7. The lowest BCUT2D eigenvalue weighted by atomic mass is 10.0. The highest BCUT2D eigenvalue weighted by molar-refractivity contribution is 8.14. The summed E-state index contributed by atoms with van der Waals surface area (Å²) < 4.78 is 88.3. The van der Waals surface area contributed by atoms with Gasteiger partial charge in [-0.25, -0.2) is 13.2 Å². The fourth-order valence-corrected chi connectivity index (χ4v) is 2.42. The second-order valence-electron chi connectivity index (χ2n) is 4.66. The molecule has 1 unspecified atom stereocenters. The third kappa shape index (κ3) is 4.86. The van der Waals surface area contributed by atoms with E-state index in [0.29, 0.717) is 17.3 Å². The van der Waals surface area contributed by atoms with E-state index in [0.717, 1.165) is 0 Å². The van der Waals surface area contributed by atoms with E-state index in [1.54, 1.807) is 18.2 Å². The smallest absolute Gasteiger partial charge is 0.282 e. The zero-order valence-electron chi connectivity index (χ0n) is 11.6. The predicted octanol–water partition coefficient (Wildman–Crippen LogP) is 5.21. The molecule has 1 atom stereocenters. The van der Waals surface area contributed by atoms with Crippen LogP contribution < -0.4 is 0 Å². The lowest BCUT2D eigenvalue weighted by molar-refractivity contribution is -0.285. The van der Waals surface area contributed by atoms with Gasteiger partial charge in [-0.2, -0.15) is 17.6 Å². The van der Waals surface area contributed by atoms with Crippen molar-refractivity contribution in [2.45, 2.75) is 37.3 Å². The fourth-order valence-electron chi connectivity index (χ4n) is 1.62. The van der Waals surface area contributed by atoms with Crippen LogP contribution in [-0.2, 0) is 0 Å². The van der Waals surface area contributed by atoms with Crippen molar-refractivity contribution < 1.29 is 35.5 Å². The highest BCUT2D eigenvalue weighted by atomic mass is 32.2. The zero-order valence-corrected chi connectivity index (χ0v) is 12.4. The van der Waals surface area contributed by atoms with Crippen molar-refractivity contribution >= 4 is 16.9 Å². The normalized spacial score (nSPS) is 14.1. The first-order valence-electron chi connectivity index (χ1n) is 6.50. The van der Waals surface area contributed by atoms with Crippen molar-refractivity contribution in [3.63, 3.8) is 0 Å². The maximum absolute atomic E-state index is 13.2. The summed E-state index contributed by atoms with van der Waals surface area (Å²) in [7, 11) is 0. The molecule has 0 saturated heterocycles. The van der Waals surface area contributed by atoms with Crippen molar-refractivity contribution in [2.75, 3.05) is 5.75 Å². The number of carbonyl (C=O) groups is 1. The Kier molecular flexibility index (Phi) is 6.91. The first-order valence-corrected chi connectivity index (χ1v) is 7.49. The molecule has 0 saturated carbocycles. The standard InChI is InChI=1S/C14H13F7OS/c15-10(13(18,19)14(20,21)12(16)17)7-4-8-23-11(22)9-5-2-1-3-6-9/h1-3,5-6,10,12H,4,7-8H2. The van der Waals surface area contributed by atoms with Gasteiger partial charge in [-0.15, -0.1) is 0 Å². The second kappa shape index (κ2) is 8.03. The Balaban J connectivity index is 2.45. The average molecular weight is 362 g/mol. The van der Waals surface area contributed by atoms with E-state index in [1.165, 1.54) is 12.1 Å². The van der Waals surface area contributed by atoms with Crippen LogP contribution in [0.15, 0.2) is 30.3 Å². The second-order valence-corrected chi connectivity index (χ2v) is 5.73. The lowest BCUT2D eigenvalue weighted by Crippen LogP contribution is -2.52. The molecule has 1 nitrogen and oxygen atoms in total. The molecule has 0 spiro atoms. The van der Waals surface area contributed by atoms with Gasteiger partial charge in [0.15, 0.2) is 6.17 Å². The third-order valence-corrected chi connectivity index (χ3v) is 3.95. The van der Waals surface area contributed by atoms with E-state index in [-0.39, 0.29) is 17.3 Å². The van der Waals surface area contributed by atoms with Crippen LogP contribution in [0, 0.1) is 0 Å². The molecule has 0 radical (unpaired) electrons. The minimum atomic E-state index is -5.74. The highest BCUT2D eigenvalue weighted by Crippen LogP contribution is 2.43. The van der Waals surface area contributed by atoms with Crippen LogP contribution in [0.25, 0.3) is 0 Å². The SMILES string of the molecule is O=C(SCCCC(F)C(F)(F)C(F)(F)C(F)F)c1ccccc1. The largest absolute Gasteiger partial charge is 0.372 e. The molecular weight excluding hydrogens is 349 g/mol. The number of rotatable bonds is 8. The van der Waals surface area contributed by atoms with E-state index in [4.69, 9.17) is 0 Å². The van der Waals surface area contributed by atoms with Gasteiger partial charge in [0.1, 0.15) is 0 Å². The minimum Gasteiger partial charge on any atom is -0.282 e. The Morgan fingerprint density at radius 1 is 1.00 bits per heavy atom. The topological polar surface area (TPSA) is 17.1 Å². The molecule has 0 aliphatic heterocycles. The monoisotopic (exact) mass is 362 g/mol. The van der Waals surface area contributed by atoms with Crippen molar-refractivity contribution in [1.29, 1.82) is 0 Å². The number of hydrogen-bond acceptors (Lipinski definition) is 2. The van der Waals surface area contributed by atoms with Crippen LogP contribution in [0.5, 0.6) is 0 Å². The Hall–Kier alpha value is -1.25. The maximum atomic E-state index is 13.2. The van der Waals surface area contributed by atoms with Crippen LogP contribution in [0.3, 0.4) is 0 Å². The lowest BCUT2D eigenvalue weighted by Gasteiger charge is -2.28. The van der Waals surface area contributed by atoms with Gasteiger partial charge < -0.3 is 0 Å². The summed E-state index contributed by atoms with van der Waals surface area (Å²) in [6.07, 6.45) is -9.47. The number of thioether (sulfide) groups is 1. The van der Waals surface area contributed by atoms with E-state index in [9.17, 15) is 35.5 Å². The van der Waals surface area contributed by atoms with Gasteiger partial charge >= 0.3 is 18.3 Å². The number of carbonyl (C=O) groups excluding carboxylic acids is 1. The quantitative estimate of drug-likeness (QED) is 0.466. The van der Waals surface area contributed by atoms with E-state index >= 15 is 0 Å². The molecular formula is C14H13F7OS. The van der Waals surface area contributed by atoms with Gasteiger partial charge in [-0.1, -0.05) is 42.1 Å². The minimum absolute atomic E-state index is 0.0928. The molecule has 0 aliphatic carbocycles. The fraction of sp³-hybridized carbons (Fsp3) is 0.500. The Bertz CT molecular complexity index is 507. The van der Waals surface area contributed by atoms with E-state index in [1.807, 2.05) is 0 Å². The van der Waals surface area contributed by atoms with Gasteiger partial charge in [0.2, 0.25) is 5.12 Å². The van der Waals surface area contributed by atoms with Crippen LogP contribution in [-0.4, -0.2) is 35.3 Å². The van der Waals surface area contributed by atoms with Crippen LogP contribution >= 0.6 is 11.8 Å². The summed E-state index contributed by atoms with van der Waals surface area (Å²) in [5, 5.41) is -0.384. The van der Waals surface area contributed by atoms with E-state index < -0.39 is 30.9 Å². The summed E-state index contributed by atoms with van der Waals surface area (Å²) in [6, 6.07) is 7.94. The Morgan fingerprint density at radius 2 is 1.57 bits per heavy atom. The summed E-state index contributed by atoms with van der Waals surface area (Å²) in [6.45, 7) is 0. The molecule has 1 rings (SSSR count). The molecule has 130 valence electrons. The molecule has 0 aromatic heterocycles. The molecule has 0 N–H and O–H groups in total. The maximum Gasteiger partial charge on any atom is 0.372 e. The Morgan fingerprint density at radius 3 is 2.09 bits per heavy atom. The molecule has 9 heteroatoms. The molecule has 23 heavy (non-hydrogen) atoms. The molecule has 0 bridgehead atoms. The molecule has 1 aromatic rings. The summed E-state index contributed by atoms with van der Waals surface area (Å²) >= 11 is 0.710. The van der Waals surface area contributed by atoms with Gasteiger partial charge in [0.05, 0.1) is 0 Å². The summed E-state index contributed by atoms with van der Waals surface area (Å²) in [4.78, 5) is 11.6. The number of alkyl halides is 7. The van der Waals surface area contributed by atoms with E-state index in [2.05, 4.69) is 0 Å². The first kappa shape index (κ1) is 19.8. The molecule has 0 aliphatic rings. The first-order chi connectivity index (χ1) is 10.6. The van der Waals surface area contributed by atoms with Crippen molar-refractivity contribution in [3.8, 4) is 0 Å². The van der Waals surface area contributed by atoms with Crippen molar-refractivity contribution in [3.05, 3.63) is 35.9 Å². The van der Waals surface area contributed by atoms with Gasteiger partial charge in [-0.3, -0.25) is 4.79 Å². The molecule has 0 amide bonds. The summed E-state index contributed by atoms with van der Waals surface area (Å²) in [5.41, 5.74) is 0.351. The number of benzene rings is 1. The molecule has 1 aromatic carbocycles. The van der Waals surface area contributed by atoms with Gasteiger partial charge in [-0.05, 0) is 12.8 Å². The average Bonchev–Trinajstić information content (AvgIpc) is 2.51. The molecule has 0 fully saturated rings. The molecule has 0 heterocycles. The predicted molar refractivity (Wildman–Crippen MR) is 73.3 cm³/mol. The number of halogens is 7. The third-order valence-electron chi connectivity index (χ3n) is 2.96. The Labute approximate surface area is 132 Å². The van der Waals surface area contributed by atoms with Crippen LogP contribution in [0.4, 0.5) is 30.7 Å². The number of hydrogen-bond donors (Lipinski definition) is 0.